The van der Waals surface area contributed by atoms with Crippen molar-refractivity contribution in [3.63, 3.8) is 0 Å². The first-order valence-corrected chi connectivity index (χ1v) is 13.8. The first kappa shape index (κ1) is 27.1. The molecular weight excluding hydrogens is 522 g/mol. The Kier molecular flexibility index (Phi) is 8.80. The van der Waals surface area contributed by atoms with E-state index in [1.54, 1.807) is 11.5 Å². The molecule has 1 N–H and O–H groups in total. The molecule has 0 bridgehead atoms. The molecule has 1 atom stereocenters. The van der Waals surface area contributed by atoms with Crippen molar-refractivity contribution in [1.82, 2.24) is 14.8 Å². The molecule has 1 aliphatic carbocycles. The van der Waals surface area contributed by atoms with Crippen molar-refractivity contribution >= 4 is 40.0 Å². The van der Waals surface area contributed by atoms with Gasteiger partial charge in [-0.25, -0.2) is 13.6 Å². The Balaban J connectivity index is 1.44. The SMILES string of the molecule is CCn1c(SCC(=O)Nc2sc3c(c2C(=O)OC)CCCCC3)nnc1C(C)Oc1ccc(F)cc1F. The molecule has 4 rings (SSSR count). The molecule has 198 valence electrons. The minimum atomic E-state index is -0.808. The first-order valence-electron chi connectivity index (χ1n) is 12.0. The number of carbonyl (C=O) groups excluding carboxylic acids is 2. The van der Waals surface area contributed by atoms with Crippen LogP contribution in [0.25, 0.3) is 0 Å². The monoisotopic (exact) mass is 550 g/mol. The summed E-state index contributed by atoms with van der Waals surface area (Å²) < 4.78 is 39.6. The van der Waals surface area contributed by atoms with Crippen molar-refractivity contribution in [3.05, 3.63) is 51.7 Å². The molecular formula is C25H28F2N4O4S2. The molecule has 1 amide bonds. The van der Waals surface area contributed by atoms with Gasteiger partial charge < -0.3 is 19.4 Å². The van der Waals surface area contributed by atoms with Gasteiger partial charge in [-0.3, -0.25) is 4.79 Å². The van der Waals surface area contributed by atoms with Gasteiger partial charge in [0, 0.05) is 17.5 Å². The zero-order valence-corrected chi connectivity index (χ0v) is 22.4. The number of hydrogen-bond donors (Lipinski definition) is 1. The van der Waals surface area contributed by atoms with Crippen LogP contribution in [0.1, 0.15) is 65.8 Å². The summed E-state index contributed by atoms with van der Waals surface area (Å²) in [6.07, 6.45) is 4.19. The standard InChI is InChI=1S/C25H28F2N4O4S2/c1-4-31-22(14(2)35-18-11-10-15(26)12-17(18)27)29-30-25(31)36-13-20(32)28-23-21(24(33)34-3)16-8-6-5-7-9-19(16)37-23/h10-12,14H,4-9,13H2,1-3H3,(H,28,32). The Morgan fingerprint density at radius 3 is 2.73 bits per heavy atom. The van der Waals surface area contributed by atoms with E-state index >= 15 is 0 Å². The Morgan fingerprint density at radius 2 is 2.00 bits per heavy atom. The second kappa shape index (κ2) is 12.0. The van der Waals surface area contributed by atoms with Gasteiger partial charge in [-0.2, -0.15) is 0 Å². The van der Waals surface area contributed by atoms with Gasteiger partial charge in [-0.15, -0.1) is 21.5 Å². The number of amides is 1. The number of hydrogen-bond acceptors (Lipinski definition) is 8. The Labute approximate surface area is 221 Å². The summed E-state index contributed by atoms with van der Waals surface area (Å²) >= 11 is 2.64. The number of esters is 1. The third-order valence-electron chi connectivity index (χ3n) is 6.02. The van der Waals surface area contributed by atoms with Crippen LogP contribution in [-0.2, 0) is 28.9 Å². The topological polar surface area (TPSA) is 95.3 Å². The lowest BCUT2D eigenvalue weighted by atomic mass is 10.1. The van der Waals surface area contributed by atoms with Gasteiger partial charge in [0.15, 0.2) is 28.7 Å². The second-order valence-electron chi connectivity index (χ2n) is 8.52. The van der Waals surface area contributed by atoms with E-state index in [1.807, 2.05) is 6.92 Å². The minimum absolute atomic E-state index is 0.0448. The Hall–Kier alpha value is -2.99. The summed E-state index contributed by atoms with van der Waals surface area (Å²) in [5, 5.41) is 12.3. The fourth-order valence-corrected chi connectivity index (χ4v) is 6.36. The van der Waals surface area contributed by atoms with Gasteiger partial charge in [0.05, 0.1) is 18.4 Å². The smallest absolute Gasteiger partial charge is 0.341 e. The summed E-state index contributed by atoms with van der Waals surface area (Å²) in [5.74, 6) is -1.82. The molecule has 1 unspecified atom stereocenters. The molecule has 2 aromatic heterocycles. The summed E-state index contributed by atoms with van der Waals surface area (Å²) in [7, 11) is 1.34. The number of nitrogens with zero attached hydrogens (tertiary/aromatic N) is 3. The zero-order valence-electron chi connectivity index (χ0n) is 20.8. The fourth-order valence-electron chi connectivity index (χ4n) is 4.26. The molecule has 1 aromatic carbocycles. The predicted octanol–water partition coefficient (Wildman–Crippen LogP) is 5.56. The summed E-state index contributed by atoms with van der Waals surface area (Å²) in [4.78, 5) is 26.5. The van der Waals surface area contributed by atoms with Crippen LogP contribution < -0.4 is 10.1 Å². The number of benzene rings is 1. The van der Waals surface area contributed by atoms with Crippen molar-refractivity contribution in [2.45, 2.75) is 63.8 Å². The highest BCUT2D eigenvalue weighted by atomic mass is 32.2. The van der Waals surface area contributed by atoms with E-state index in [-0.39, 0.29) is 17.4 Å². The van der Waals surface area contributed by atoms with Crippen LogP contribution in [0.3, 0.4) is 0 Å². The molecule has 12 heteroatoms. The maximum Gasteiger partial charge on any atom is 0.341 e. The number of nitrogens with one attached hydrogen (secondary N) is 1. The fraction of sp³-hybridized carbons (Fsp3) is 0.440. The van der Waals surface area contributed by atoms with E-state index < -0.39 is 23.7 Å². The van der Waals surface area contributed by atoms with Gasteiger partial charge in [0.1, 0.15) is 10.8 Å². The molecule has 0 radical (unpaired) electrons. The number of thiophene rings is 1. The minimum Gasteiger partial charge on any atom is -0.480 e. The van der Waals surface area contributed by atoms with Gasteiger partial charge in [0.2, 0.25) is 5.91 Å². The number of halogens is 2. The molecule has 1 aliphatic rings. The van der Waals surface area contributed by atoms with Crippen molar-refractivity contribution in [3.8, 4) is 5.75 Å². The van der Waals surface area contributed by atoms with Crippen molar-refractivity contribution in [2.75, 3.05) is 18.2 Å². The number of ether oxygens (including phenoxy) is 2. The highest BCUT2D eigenvalue weighted by Crippen LogP contribution is 2.38. The normalized spacial score (nSPS) is 14.0. The average molecular weight is 551 g/mol. The van der Waals surface area contributed by atoms with Gasteiger partial charge in [-0.05, 0) is 57.2 Å². The molecule has 0 saturated heterocycles. The average Bonchev–Trinajstić information content (AvgIpc) is 3.36. The maximum atomic E-state index is 14.0. The number of carbonyl (C=O) groups is 2. The van der Waals surface area contributed by atoms with E-state index in [0.717, 1.165) is 54.7 Å². The molecule has 0 spiro atoms. The third kappa shape index (κ3) is 6.12. The number of methoxy groups -OCH3 is 1. The summed E-state index contributed by atoms with van der Waals surface area (Å²) in [6, 6.07) is 3.09. The molecule has 8 nitrogen and oxygen atoms in total. The van der Waals surface area contributed by atoms with Crippen LogP contribution in [0.2, 0.25) is 0 Å². The summed E-state index contributed by atoms with van der Waals surface area (Å²) in [6.45, 7) is 4.08. The molecule has 0 saturated carbocycles. The highest BCUT2D eigenvalue weighted by Gasteiger charge is 2.27. The Morgan fingerprint density at radius 1 is 1.22 bits per heavy atom. The molecule has 0 fully saturated rings. The van der Waals surface area contributed by atoms with E-state index in [4.69, 9.17) is 9.47 Å². The number of aryl methyl sites for hydroxylation is 1. The van der Waals surface area contributed by atoms with Gasteiger partial charge in [-0.1, -0.05) is 18.2 Å². The molecule has 2 heterocycles. The molecule has 37 heavy (non-hydrogen) atoms. The van der Waals surface area contributed by atoms with Crippen LogP contribution >= 0.6 is 23.1 Å². The largest absolute Gasteiger partial charge is 0.480 e. The van der Waals surface area contributed by atoms with Crippen LogP contribution in [-0.4, -0.2) is 39.5 Å². The van der Waals surface area contributed by atoms with E-state index in [1.165, 1.54) is 36.3 Å². The van der Waals surface area contributed by atoms with Gasteiger partial charge in [0.25, 0.3) is 0 Å². The van der Waals surface area contributed by atoms with E-state index in [0.29, 0.717) is 28.1 Å². The maximum absolute atomic E-state index is 14.0. The van der Waals surface area contributed by atoms with Crippen LogP contribution in [0.5, 0.6) is 5.75 Å². The number of aromatic nitrogens is 3. The Bertz CT molecular complexity index is 1290. The van der Waals surface area contributed by atoms with Crippen molar-refractivity contribution < 1.29 is 27.8 Å². The van der Waals surface area contributed by atoms with E-state index in [2.05, 4.69) is 15.5 Å². The number of fused-ring (bicyclic) bond motifs is 1. The number of rotatable bonds is 9. The predicted molar refractivity (Wildman–Crippen MR) is 137 cm³/mol. The summed E-state index contributed by atoms with van der Waals surface area (Å²) in [5.41, 5.74) is 1.44. The highest BCUT2D eigenvalue weighted by molar-refractivity contribution is 7.99. The van der Waals surface area contributed by atoms with Gasteiger partial charge >= 0.3 is 5.97 Å². The zero-order chi connectivity index (χ0) is 26.5. The lowest BCUT2D eigenvalue weighted by molar-refractivity contribution is -0.113. The quantitative estimate of drug-likeness (QED) is 0.212. The van der Waals surface area contributed by atoms with Crippen LogP contribution in [0.4, 0.5) is 13.8 Å². The van der Waals surface area contributed by atoms with Crippen LogP contribution in [0, 0.1) is 11.6 Å². The van der Waals surface area contributed by atoms with Crippen LogP contribution in [0.15, 0.2) is 23.4 Å². The lowest BCUT2D eigenvalue weighted by Crippen LogP contribution is -2.17. The molecule has 3 aromatic rings. The van der Waals surface area contributed by atoms with E-state index in [9.17, 15) is 18.4 Å². The lowest BCUT2D eigenvalue weighted by Gasteiger charge is -2.16. The number of thioether (sulfide) groups is 1. The van der Waals surface area contributed by atoms with Crippen molar-refractivity contribution in [1.29, 1.82) is 0 Å². The molecule has 0 aliphatic heterocycles. The first-order chi connectivity index (χ1) is 17.8. The third-order valence-corrected chi connectivity index (χ3v) is 8.19. The van der Waals surface area contributed by atoms with Crippen molar-refractivity contribution in [2.24, 2.45) is 0 Å². The second-order valence-corrected chi connectivity index (χ2v) is 10.6. The number of anilines is 1.